The van der Waals surface area contributed by atoms with Crippen LogP contribution in [0.2, 0.25) is 0 Å². The topological polar surface area (TPSA) is 75.1 Å². The lowest BCUT2D eigenvalue weighted by Gasteiger charge is -2.13. The van der Waals surface area contributed by atoms with Crippen molar-refractivity contribution in [2.45, 2.75) is 46.0 Å². The maximum Gasteiger partial charge on any atom is 0.305 e. The van der Waals surface area contributed by atoms with Gasteiger partial charge in [0.1, 0.15) is 11.6 Å². The molecule has 0 saturated carbocycles. The van der Waals surface area contributed by atoms with Crippen molar-refractivity contribution in [3.8, 4) is 0 Å². The van der Waals surface area contributed by atoms with Gasteiger partial charge in [-0.2, -0.15) is 0 Å². The first-order valence-corrected chi connectivity index (χ1v) is 6.24. The molecule has 18 heavy (non-hydrogen) atoms. The van der Waals surface area contributed by atoms with Gasteiger partial charge in [0, 0.05) is 24.2 Å². The molecule has 100 valence electrons. The van der Waals surface area contributed by atoms with Gasteiger partial charge < -0.3 is 10.4 Å². The highest BCUT2D eigenvalue weighted by Gasteiger charge is 2.10. The van der Waals surface area contributed by atoms with E-state index in [1.165, 1.54) is 0 Å². The van der Waals surface area contributed by atoms with Crippen LogP contribution in [-0.2, 0) is 4.79 Å². The van der Waals surface area contributed by atoms with Gasteiger partial charge in [-0.25, -0.2) is 9.97 Å². The van der Waals surface area contributed by atoms with Crippen molar-refractivity contribution in [2.75, 3.05) is 11.9 Å². The smallest absolute Gasteiger partial charge is 0.305 e. The maximum atomic E-state index is 10.5. The van der Waals surface area contributed by atoms with Crippen LogP contribution in [0.4, 0.5) is 5.82 Å². The quantitative estimate of drug-likeness (QED) is 0.812. The first-order valence-electron chi connectivity index (χ1n) is 6.24. The molecule has 0 spiro atoms. The SMILES string of the molecule is CC(C)c1cc(NCCC(=O)O)nc(C(C)C)n1. The molecule has 0 aliphatic carbocycles. The molecule has 0 fully saturated rings. The summed E-state index contributed by atoms with van der Waals surface area (Å²) in [6, 6.07) is 1.89. The average molecular weight is 251 g/mol. The molecule has 0 atom stereocenters. The van der Waals surface area contributed by atoms with Crippen molar-refractivity contribution in [1.29, 1.82) is 0 Å². The summed E-state index contributed by atoms with van der Waals surface area (Å²) in [6.45, 7) is 8.61. The van der Waals surface area contributed by atoms with Gasteiger partial charge in [0.15, 0.2) is 0 Å². The third kappa shape index (κ3) is 4.31. The lowest BCUT2D eigenvalue weighted by Crippen LogP contribution is -2.11. The van der Waals surface area contributed by atoms with Crippen LogP contribution in [0.15, 0.2) is 6.07 Å². The molecule has 5 heteroatoms. The molecule has 0 aliphatic rings. The summed E-state index contributed by atoms with van der Waals surface area (Å²) in [4.78, 5) is 19.4. The van der Waals surface area contributed by atoms with Gasteiger partial charge in [0.25, 0.3) is 0 Å². The number of aliphatic carboxylic acids is 1. The highest BCUT2D eigenvalue weighted by atomic mass is 16.4. The molecule has 0 saturated heterocycles. The van der Waals surface area contributed by atoms with Crippen molar-refractivity contribution in [2.24, 2.45) is 0 Å². The van der Waals surface area contributed by atoms with E-state index in [2.05, 4.69) is 29.1 Å². The summed E-state index contributed by atoms with van der Waals surface area (Å²) in [6.07, 6.45) is 0.0814. The Morgan fingerprint density at radius 2 is 1.94 bits per heavy atom. The Labute approximate surface area is 108 Å². The van der Waals surface area contributed by atoms with Gasteiger partial charge >= 0.3 is 5.97 Å². The minimum absolute atomic E-state index is 0.0814. The number of hydrogen-bond acceptors (Lipinski definition) is 4. The molecule has 0 unspecified atom stereocenters. The maximum absolute atomic E-state index is 10.5. The number of aromatic nitrogens is 2. The number of carboxylic acid groups (broad SMARTS) is 1. The summed E-state index contributed by atoms with van der Waals surface area (Å²) in [5.41, 5.74) is 0.978. The molecular weight excluding hydrogens is 230 g/mol. The van der Waals surface area contributed by atoms with E-state index in [0.717, 1.165) is 11.5 Å². The lowest BCUT2D eigenvalue weighted by molar-refractivity contribution is -0.136. The fourth-order valence-electron chi connectivity index (χ4n) is 1.43. The number of nitrogens with one attached hydrogen (secondary N) is 1. The van der Waals surface area contributed by atoms with Crippen LogP contribution in [0.3, 0.4) is 0 Å². The Morgan fingerprint density at radius 3 is 2.44 bits per heavy atom. The number of carboxylic acids is 1. The number of carbonyl (C=O) groups is 1. The molecule has 0 bridgehead atoms. The largest absolute Gasteiger partial charge is 0.481 e. The molecule has 1 aromatic heterocycles. The number of nitrogens with zero attached hydrogens (tertiary/aromatic N) is 2. The van der Waals surface area contributed by atoms with Crippen LogP contribution >= 0.6 is 0 Å². The van der Waals surface area contributed by atoms with E-state index < -0.39 is 5.97 Å². The van der Waals surface area contributed by atoms with Crippen molar-refractivity contribution in [3.63, 3.8) is 0 Å². The van der Waals surface area contributed by atoms with Crippen molar-refractivity contribution in [1.82, 2.24) is 9.97 Å². The average Bonchev–Trinajstić information content (AvgIpc) is 2.28. The zero-order chi connectivity index (χ0) is 13.7. The lowest BCUT2D eigenvalue weighted by atomic mass is 10.1. The van der Waals surface area contributed by atoms with Crippen LogP contribution in [-0.4, -0.2) is 27.6 Å². The molecule has 0 aromatic carbocycles. The molecule has 2 N–H and O–H groups in total. The van der Waals surface area contributed by atoms with Gasteiger partial charge in [-0.1, -0.05) is 27.7 Å². The predicted octanol–water partition coefficient (Wildman–Crippen LogP) is 2.61. The third-order valence-electron chi connectivity index (χ3n) is 2.52. The number of anilines is 1. The first kappa shape index (κ1) is 14.4. The second kappa shape index (κ2) is 6.33. The summed E-state index contributed by atoms with van der Waals surface area (Å²) in [5, 5.41) is 11.6. The molecular formula is C13H21N3O2. The standard InChI is InChI=1S/C13H21N3O2/c1-8(2)10-7-11(14-6-5-12(17)18)16-13(15-10)9(3)4/h7-9H,5-6H2,1-4H3,(H,17,18)(H,14,15,16). The molecule has 0 amide bonds. The molecule has 0 aliphatic heterocycles. The summed E-state index contributed by atoms with van der Waals surface area (Å²) in [7, 11) is 0. The molecule has 1 heterocycles. The Kier molecular flexibility index (Phi) is 5.07. The summed E-state index contributed by atoms with van der Waals surface area (Å²) >= 11 is 0. The van der Waals surface area contributed by atoms with E-state index in [-0.39, 0.29) is 12.3 Å². The second-order valence-corrected chi connectivity index (χ2v) is 4.92. The minimum Gasteiger partial charge on any atom is -0.481 e. The zero-order valence-corrected chi connectivity index (χ0v) is 11.4. The Balaban J connectivity index is 2.86. The van der Waals surface area contributed by atoms with Crippen LogP contribution < -0.4 is 5.32 Å². The van der Waals surface area contributed by atoms with E-state index in [9.17, 15) is 4.79 Å². The Hall–Kier alpha value is -1.65. The monoisotopic (exact) mass is 251 g/mol. The first-order chi connectivity index (χ1) is 8.40. The van der Waals surface area contributed by atoms with Crippen LogP contribution in [0.5, 0.6) is 0 Å². The van der Waals surface area contributed by atoms with Crippen LogP contribution in [0.25, 0.3) is 0 Å². The fraction of sp³-hybridized carbons (Fsp3) is 0.615. The predicted molar refractivity (Wildman–Crippen MR) is 71.0 cm³/mol. The fourth-order valence-corrected chi connectivity index (χ4v) is 1.43. The van der Waals surface area contributed by atoms with Crippen LogP contribution in [0, 0.1) is 0 Å². The molecule has 0 radical (unpaired) electrons. The summed E-state index contributed by atoms with van der Waals surface area (Å²) in [5.74, 6) is 1.26. The number of rotatable bonds is 6. The third-order valence-corrected chi connectivity index (χ3v) is 2.52. The molecule has 5 nitrogen and oxygen atoms in total. The van der Waals surface area contributed by atoms with Crippen molar-refractivity contribution in [3.05, 3.63) is 17.6 Å². The van der Waals surface area contributed by atoms with E-state index in [4.69, 9.17) is 5.11 Å². The van der Waals surface area contributed by atoms with Gasteiger partial charge in [-0.3, -0.25) is 4.79 Å². The Bertz CT molecular complexity index is 390. The highest BCUT2D eigenvalue weighted by Crippen LogP contribution is 2.19. The second-order valence-electron chi connectivity index (χ2n) is 4.92. The van der Waals surface area contributed by atoms with Gasteiger partial charge in [-0.05, 0) is 5.92 Å². The van der Waals surface area contributed by atoms with E-state index in [1.807, 2.05) is 19.9 Å². The van der Waals surface area contributed by atoms with E-state index >= 15 is 0 Å². The van der Waals surface area contributed by atoms with Crippen molar-refractivity contribution >= 4 is 11.8 Å². The van der Waals surface area contributed by atoms with Gasteiger partial charge in [-0.15, -0.1) is 0 Å². The molecule has 1 rings (SSSR count). The Morgan fingerprint density at radius 1 is 1.28 bits per heavy atom. The normalized spacial score (nSPS) is 11.0. The highest BCUT2D eigenvalue weighted by molar-refractivity contribution is 5.67. The molecule has 1 aromatic rings. The van der Waals surface area contributed by atoms with Gasteiger partial charge in [0.2, 0.25) is 0 Å². The van der Waals surface area contributed by atoms with E-state index in [0.29, 0.717) is 18.3 Å². The summed E-state index contributed by atoms with van der Waals surface area (Å²) < 4.78 is 0. The van der Waals surface area contributed by atoms with Crippen LogP contribution in [0.1, 0.15) is 57.5 Å². The van der Waals surface area contributed by atoms with E-state index in [1.54, 1.807) is 0 Å². The van der Waals surface area contributed by atoms with Crippen molar-refractivity contribution < 1.29 is 9.90 Å². The zero-order valence-electron chi connectivity index (χ0n) is 11.4. The number of hydrogen-bond donors (Lipinski definition) is 2. The minimum atomic E-state index is -0.815. The van der Waals surface area contributed by atoms with Gasteiger partial charge in [0.05, 0.1) is 6.42 Å².